The van der Waals surface area contributed by atoms with Crippen molar-refractivity contribution in [3.8, 4) is 17.0 Å². The van der Waals surface area contributed by atoms with Crippen molar-refractivity contribution in [2.24, 2.45) is 0 Å². The van der Waals surface area contributed by atoms with Gasteiger partial charge in [0.15, 0.2) is 0 Å². The van der Waals surface area contributed by atoms with Gasteiger partial charge >= 0.3 is 0 Å². The molecule has 0 unspecified atom stereocenters. The summed E-state index contributed by atoms with van der Waals surface area (Å²) in [6.45, 7) is 1.81. The summed E-state index contributed by atoms with van der Waals surface area (Å²) >= 11 is 0. The molecule has 0 spiro atoms. The van der Waals surface area contributed by atoms with Crippen LogP contribution in [0.5, 0.6) is 5.75 Å². The van der Waals surface area contributed by atoms with Crippen molar-refractivity contribution in [1.29, 1.82) is 0 Å². The minimum absolute atomic E-state index is 0.252. The van der Waals surface area contributed by atoms with Crippen LogP contribution in [0.15, 0.2) is 67.1 Å². The van der Waals surface area contributed by atoms with E-state index in [1.165, 1.54) is 12.1 Å². The number of benzene rings is 2. The van der Waals surface area contributed by atoms with Crippen LogP contribution in [-0.2, 0) is 13.0 Å². The molecule has 0 atom stereocenters. The van der Waals surface area contributed by atoms with E-state index in [-0.39, 0.29) is 5.82 Å². The molecule has 0 radical (unpaired) electrons. The molecule has 4 aromatic rings. The summed E-state index contributed by atoms with van der Waals surface area (Å²) in [5, 5.41) is 0. The molecular weight excluding hydrogens is 419 g/mol. The lowest BCUT2D eigenvalue weighted by Crippen LogP contribution is -2.27. The smallest absolute Gasteiger partial charge is 0.147 e. The van der Waals surface area contributed by atoms with Gasteiger partial charge in [-0.15, -0.1) is 0 Å². The molecule has 0 fully saturated rings. The summed E-state index contributed by atoms with van der Waals surface area (Å²) in [6.07, 6.45) is 3.97. The van der Waals surface area contributed by atoms with Gasteiger partial charge < -0.3 is 21.1 Å². The Bertz CT molecular complexity index is 1290. The fraction of sp³-hybridized carbons (Fsp3) is 0.160. The van der Waals surface area contributed by atoms with Crippen LogP contribution >= 0.6 is 0 Å². The van der Waals surface area contributed by atoms with Crippen molar-refractivity contribution in [2.75, 3.05) is 29.5 Å². The summed E-state index contributed by atoms with van der Waals surface area (Å²) in [6, 6.07) is 16.1. The lowest BCUT2D eigenvalue weighted by Gasteiger charge is -2.23. The van der Waals surface area contributed by atoms with Gasteiger partial charge in [-0.05, 0) is 48.0 Å². The molecule has 33 heavy (non-hydrogen) atoms. The van der Waals surface area contributed by atoms with Crippen LogP contribution in [0.1, 0.15) is 16.7 Å². The Morgan fingerprint density at radius 2 is 1.88 bits per heavy atom. The van der Waals surface area contributed by atoms with Crippen molar-refractivity contribution in [3.63, 3.8) is 0 Å². The van der Waals surface area contributed by atoms with E-state index in [1.807, 2.05) is 24.4 Å². The lowest BCUT2D eigenvalue weighted by molar-refractivity contribution is 0.331. The Kier molecular flexibility index (Phi) is 5.48. The van der Waals surface area contributed by atoms with Crippen LogP contribution in [0.2, 0.25) is 0 Å². The molecule has 166 valence electrons. The summed E-state index contributed by atoms with van der Waals surface area (Å²) in [5.74, 6) is 1.73. The number of aromatic nitrogens is 3. The maximum atomic E-state index is 13.3. The van der Waals surface area contributed by atoms with Crippen LogP contribution in [0.3, 0.4) is 0 Å². The number of anilines is 3. The molecule has 1 aliphatic rings. The summed E-state index contributed by atoms with van der Waals surface area (Å²) in [7, 11) is 0. The third-order valence-electron chi connectivity index (χ3n) is 5.67. The minimum Gasteiger partial charge on any atom is -0.491 e. The molecule has 5 rings (SSSR count). The van der Waals surface area contributed by atoms with Gasteiger partial charge in [0.2, 0.25) is 0 Å². The summed E-state index contributed by atoms with van der Waals surface area (Å²) in [4.78, 5) is 15.4. The Labute approximate surface area is 190 Å². The number of halogens is 1. The first-order chi connectivity index (χ1) is 16.1. The largest absolute Gasteiger partial charge is 0.491 e. The SMILES string of the molecule is Nc1ccc(-c2ccc3c(c2)CN(c2ncncc2Cc2ccc(F)cc2)CCO3)nc1N. The zero-order valence-corrected chi connectivity index (χ0v) is 17.9. The topological polar surface area (TPSA) is 103 Å². The maximum absolute atomic E-state index is 13.3. The summed E-state index contributed by atoms with van der Waals surface area (Å²) < 4.78 is 19.3. The van der Waals surface area contributed by atoms with Crippen LogP contribution < -0.4 is 21.1 Å². The van der Waals surface area contributed by atoms with Gasteiger partial charge in [-0.3, -0.25) is 0 Å². The number of hydrogen-bond donors (Lipinski definition) is 2. The van der Waals surface area contributed by atoms with E-state index < -0.39 is 0 Å². The molecule has 1 aliphatic heterocycles. The number of ether oxygens (including phenoxy) is 1. The third kappa shape index (κ3) is 4.41. The van der Waals surface area contributed by atoms with Crippen LogP contribution in [0.25, 0.3) is 11.3 Å². The van der Waals surface area contributed by atoms with Crippen molar-refractivity contribution in [2.45, 2.75) is 13.0 Å². The van der Waals surface area contributed by atoms with Gasteiger partial charge in [0, 0.05) is 35.9 Å². The monoisotopic (exact) mass is 442 g/mol. The molecule has 8 heteroatoms. The molecule has 4 N–H and O–H groups in total. The Balaban J connectivity index is 1.45. The molecular formula is C25H23FN6O. The Hall–Kier alpha value is -4.20. The van der Waals surface area contributed by atoms with Gasteiger partial charge in [0.1, 0.15) is 36.1 Å². The van der Waals surface area contributed by atoms with Gasteiger partial charge in [-0.25, -0.2) is 19.3 Å². The summed E-state index contributed by atoms with van der Waals surface area (Å²) in [5.41, 5.74) is 16.8. The fourth-order valence-electron chi connectivity index (χ4n) is 3.96. The zero-order chi connectivity index (χ0) is 22.8. The molecule has 3 heterocycles. The van der Waals surface area contributed by atoms with Crippen molar-refractivity contribution < 1.29 is 9.13 Å². The molecule has 2 aromatic carbocycles. The first-order valence-corrected chi connectivity index (χ1v) is 10.6. The van der Waals surface area contributed by atoms with Gasteiger partial charge in [0.05, 0.1) is 17.9 Å². The van der Waals surface area contributed by atoms with E-state index in [0.29, 0.717) is 37.6 Å². The zero-order valence-electron chi connectivity index (χ0n) is 17.9. The van der Waals surface area contributed by atoms with Gasteiger partial charge in [-0.2, -0.15) is 0 Å². The number of rotatable bonds is 4. The molecule has 2 aromatic heterocycles. The average molecular weight is 442 g/mol. The number of fused-ring (bicyclic) bond motifs is 1. The minimum atomic E-state index is -0.252. The van der Waals surface area contributed by atoms with Gasteiger partial charge in [0.25, 0.3) is 0 Å². The Morgan fingerprint density at radius 1 is 1.03 bits per heavy atom. The molecule has 0 aliphatic carbocycles. The van der Waals surface area contributed by atoms with E-state index >= 15 is 0 Å². The van der Waals surface area contributed by atoms with E-state index in [9.17, 15) is 4.39 Å². The predicted molar refractivity (Wildman–Crippen MR) is 126 cm³/mol. The maximum Gasteiger partial charge on any atom is 0.147 e. The van der Waals surface area contributed by atoms with E-state index in [4.69, 9.17) is 16.2 Å². The second-order valence-corrected chi connectivity index (χ2v) is 7.94. The number of hydrogen-bond acceptors (Lipinski definition) is 7. The van der Waals surface area contributed by atoms with Crippen molar-refractivity contribution in [3.05, 3.63) is 89.6 Å². The third-order valence-corrected chi connectivity index (χ3v) is 5.67. The second-order valence-electron chi connectivity index (χ2n) is 7.94. The first kappa shape index (κ1) is 20.7. The lowest BCUT2D eigenvalue weighted by atomic mass is 10.0. The number of nitrogen functional groups attached to an aromatic ring is 2. The highest BCUT2D eigenvalue weighted by molar-refractivity contribution is 5.69. The highest BCUT2D eigenvalue weighted by Gasteiger charge is 2.20. The molecule has 0 bridgehead atoms. The molecule has 0 amide bonds. The quantitative estimate of drug-likeness (QED) is 0.495. The number of nitrogens with zero attached hydrogens (tertiary/aromatic N) is 4. The molecule has 7 nitrogen and oxygen atoms in total. The predicted octanol–water partition coefficient (Wildman–Crippen LogP) is 3.83. The fourth-order valence-corrected chi connectivity index (χ4v) is 3.96. The average Bonchev–Trinajstić information content (AvgIpc) is 3.04. The Morgan fingerprint density at radius 3 is 2.70 bits per heavy atom. The second kappa shape index (κ2) is 8.74. The molecule has 0 saturated carbocycles. The van der Waals surface area contributed by atoms with Crippen molar-refractivity contribution in [1.82, 2.24) is 15.0 Å². The van der Waals surface area contributed by atoms with E-state index in [0.717, 1.165) is 39.5 Å². The highest BCUT2D eigenvalue weighted by Crippen LogP contribution is 2.32. The highest BCUT2D eigenvalue weighted by atomic mass is 19.1. The van der Waals surface area contributed by atoms with Crippen LogP contribution in [0, 0.1) is 5.82 Å². The first-order valence-electron chi connectivity index (χ1n) is 10.6. The standard InChI is InChI=1S/C25H23FN6O/c26-20-4-1-16(2-5-20)11-18-13-29-15-30-25(18)32-9-10-33-23-8-3-17(12-19(23)14-32)22-7-6-21(27)24(28)31-22/h1-8,12-13,15H,9-11,14,27H2,(H2,28,31). The number of nitrogens with two attached hydrogens (primary N) is 2. The molecule has 0 saturated heterocycles. The van der Waals surface area contributed by atoms with Crippen LogP contribution in [-0.4, -0.2) is 28.1 Å². The van der Waals surface area contributed by atoms with E-state index in [1.54, 1.807) is 24.5 Å². The van der Waals surface area contributed by atoms with Crippen molar-refractivity contribution >= 4 is 17.3 Å². The number of pyridine rings is 1. The van der Waals surface area contributed by atoms with Gasteiger partial charge in [-0.1, -0.05) is 12.1 Å². The van der Waals surface area contributed by atoms with Crippen LogP contribution in [0.4, 0.5) is 21.7 Å². The van der Waals surface area contributed by atoms with E-state index in [2.05, 4.69) is 25.9 Å². The normalized spacial score (nSPS) is 13.2.